The number of rotatable bonds is 8. The van der Waals surface area contributed by atoms with E-state index < -0.39 is 29.6 Å². The van der Waals surface area contributed by atoms with E-state index >= 15 is 0 Å². The van der Waals surface area contributed by atoms with Gasteiger partial charge in [0.25, 0.3) is 11.1 Å². The van der Waals surface area contributed by atoms with Crippen molar-refractivity contribution in [1.29, 1.82) is 0 Å². The van der Waals surface area contributed by atoms with Crippen molar-refractivity contribution in [1.82, 2.24) is 4.90 Å². The van der Waals surface area contributed by atoms with Gasteiger partial charge >= 0.3 is 5.97 Å². The number of thioether (sulfide) groups is 1. The minimum absolute atomic E-state index is 0.141. The van der Waals surface area contributed by atoms with Crippen LogP contribution < -0.4 is 14.8 Å². The number of carbonyl (C=O) groups is 4. The van der Waals surface area contributed by atoms with Crippen molar-refractivity contribution in [3.8, 4) is 11.5 Å². The SMILES string of the molecule is CCOc1cc(/C=C2\SC(=O)N(CC(=O)Nc3ccccc3)C2=O)cc(Br)c1OC(=O)c1ccc(Cl)cc1. The quantitative estimate of drug-likeness (QED) is 0.178. The van der Waals surface area contributed by atoms with E-state index in [9.17, 15) is 19.2 Å². The minimum Gasteiger partial charge on any atom is -0.490 e. The molecule has 0 aromatic heterocycles. The third kappa shape index (κ3) is 6.63. The molecule has 0 bridgehead atoms. The summed E-state index contributed by atoms with van der Waals surface area (Å²) < 4.78 is 11.7. The monoisotopic (exact) mass is 614 g/mol. The molecule has 1 aliphatic rings. The van der Waals surface area contributed by atoms with Crippen LogP contribution >= 0.6 is 39.3 Å². The molecule has 194 valence electrons. The van der Waals surface area contributed by atoms with Crippen molar-refractivity contribution in [3.05, 3.63) is 92.3 Å². The Kier molecular flexibility index (Phi) is 8.88. The van der Waals surface area contributed by atoms with Gasteiger partial charge in [-0.05, 0) is 94.8 Å². The minimum atomic E-state index is -0.606. The maximum atomic E-state index is 12.9. The molecule has 3 aromatic carbocycles. The van der Waals surface area contributed by atoms with Crippen LogP contribution in [0.5, 0.6) is 11.5 Å². The number of para-hydroxylation sites is 1. The molecule has 0 aliphatic carbocycles. The van der Waals surface area contributed by atoms with Crippen LogP contribution in [0.15, 0.2) is 76.1 Å². The number of hydrogen-bond acceptors (Lipinski definition) is 7. The molecule has 1 heterocycles. The van der Waals surface area contributed by atoms with Crippen LogP contribution in [-0.4, -0.2) is 41.1 Å². The standard InChI is InChI=1S/C27H20BrClN2O6S/c1-2-36-21-13-16(12-20(28)24(21)37-26(34)17-8-10-18(29)11-9-17)14-22-25(33)31(27(35)38-22)15-23(32)30-19-6-4-3-5-7-19/h3-14H,2,15H2,1H3,(H,30,32)/b22-14-. The molecule has 3 aromatic rings. The fourth-order valence-electron chi connectivity index (χ4n) is 3.42. The van der Waals surface area contributed by atoms with E-state index in [4.69, 9.17) is 21.1 Å². The lowest BCUT2D eigenvalue weighted by atomic mass is 10.1. The molecule has 1 fully saturated rings. The van der Waals surface area contributed by atoms with Crippen molar-refractivity contribution in [3.63, 3.8) is 0 Å². The number of halogens is 2. The molecule has 11 heteroatoms. The number of carbonyl (C=O) groups excluding carboxylic acids is 4. The van der Waals surface area contributed by atoms with Gasteiger partial charge in [-0.1, -0.05) is 29.8 Å². The molecule has 4 rings (SSSR count). The average Bonchev–Trinajstić information content (AvgIpc) is 3.14. The summed E-state index contributed by atoms with van der Waals surface area (Å²) in [6.45, 7) is 1.65. The van der Waals surface area contributed by atoms with Gasteiger partial charge in [0.05, 0.1) is 21.5 Å². The summed E-state index contributed by atoms with van der Waals surface area (Å²) in [6, 6.07) is 18.2. The molecule has 0 radical (unpaired) electrons. The predicted molar refractivity (Wildman–Crippen MR) is 149 cm³/mol. The molecule has 1 aliphatic heterocycles. The molecule has 0 unspecified atom stereocenters. The predicted octanol–water partition coefficient (Wildman–Crippen LogP) is 6.40. The summed E-state index contributed by atoms with van der Waals surface area (Å²) in [5, 5.41) is 2.59. The lowest BCUT2D eigenvalue weighted by molar-refractivity contribution is -0.127. The van der Waals surface area contributed by atoms with Crippen LogP contribution in [0.25, 0.3) is 6.08 Å². The van der Waals surface area contributed by atoms with Crippen molar-refractivity contribution in [2.75, 3.05) is 18.5 Å². The number of nitrogens with one attached hydrogen (secondary N) is 1. The van der Waals surface area contributed by atoms with Gasteiger partial charge in [-0.15, -0.1) is 0 Å². The number of ether oxygens (including phenoxy) is 2. The van der Waals surface area contributed by atoms with Crippen molar-refractivity contribution < 1.29 is 28.7 Å². The Bertz CT molecular complexity index is 1430. The van der Waals surface area contributed by atoms with Gasteiger partial charge in [0.15, 0.2) is 11.5 Å². The molecule has 0 atom stereocenters. The number of amides is 3. The van der Waals surface area contributed by atoms with Gasteiger partial charge < -0.3 is 14.8 Å². The van der Waals surface area contributed by atoms with E-state index in [2.05, 4.69) is 21.2 Å². The van der Waals surface area contributed by atoms with Crippen LogP contribution in [0.4, 0.5) is 10.5 Å². The highest BCUT2D eigenvalue weighted by atomic mass is 79.9. The molecule has 0 saturated carbocycles. The lowest BCUT2D eigenvalue weighted by Crippen LogP contribution is -2.36. The highest BCUT2D eigenvalue weighted by Gasteiger charge is 2.36. The van der Waals surface area contributed by atoms with E-state index in [1.807, 2.05) is 6.07 Å². The Morgan fingerprint density at radius 3 is 2.47 bits per heavy atom. The van der Waals surface area contributed by atoms with Gasteiger partial charge in [-0.2, -0.15) is 0 Å². The summed E-state index contributed by atoms with van der Waals surface area (Å²) >= 11 is 10.0. The maximum absolute atomic E-state index is 12.9. The fourth-order valence-corrected chi connectivity index (χ4v) is 4.93. The maximum Gasteiger partial charge on any atom is 0.343 e. The largest absolute Gasteiger partial charge is 0.490 e. The zero-order valence-electron chi connectivity index (χ0n) is 19.9. The van der Waals surface area contributed by atoms with Crippen LogP contribution in [-0.2, 0) is 9.59 Å². The fraction of sp³-hybridized carbons (Fsp3) is 0.111. The van der Waals surface area contributed by atoms with Crippen LogP contribution in [0.2, 0.25) is 5.02 Å². The van der Waals surface area contributed by atoms with Gasteiger partial charge in [0.1, 0.15) is 6.54 Å². The summed E-state index contributed by atoms with van der Waals surface area (Å²) in [7, 11) is 0. The summed E-state index contributed by atoms with van der Waals surface area (Å²) in [5.74, 6) is -1.26. The lowest BCUT2D eigenvalue weighted by Gasteiger charge is -2.14. The van der Waals surface area contributed by atoms with E-state index in [1.165, 1.54) is 6.08 Å². The smallest absolute Gasteiger partial charge is 0.343 e. The summed E-state index contributed by atoms with van der Waals surface area (Å²) in [6.07, 6.45) is 1.51. The third-order valence-corrected chi connectivity index (χ3v) is 6.89. The van der Waals surface area contributed by atoms with Crippen molar-refractivity contribution in [2.24, 2.45) is 0 Å². The first-order valence-corrected chi connectivity index (χ1v) is 13.3. The van der Waals surface area contributed by atoms with Crippen LogP contribution in [0, 0.1) is 0 Å². The molecular weight excluding hydrogens is 596 g/mol. The number of imide groups is 1. The van der Waals surface area contributed by atoms with Gasteiger partial charge in [-0.3, -0.25) is 19.3 Å². The Morgan fingerprint density at radius 1 is 1.08 bits per heavy atom. The second-order valence-corrected chi connectivity index (χ2v) is 10.1. The Hall–Kier alpha value is -3.60. The first-order chi connectivity index (χ1) is 18.2. The highest BCUT2D eigenvalue weighted by molar-refractivity contribution is 9.10. The number of esters is 1. The van der Waals surface area contributed by atoms with E-state index in [0.717, 1.165) is 16.7 Å². The summed E-state index contributed by atoms with van der Waals surface area (Å²) in [4.78, 5) is 51.4. The second kappa shape index (κ2) is 12.3. The Labute approximate surface area is 236 Å². The molecule has 3 amide bonds. The topological polar surface area (TPSA) is 102 Å². The van der Waals surface area contributed by atoms with E-state index in [1.54, 1.807) is 67.6 Å². The number of anilines is 1. The van der Waals surface area contributed by atoms with E-state index in [0.29, 0.717) is 26.3 Å². The van der Waals surface area contributed by atoms with Crippen molar-refractivity contribution in [2.45, 2.75) is 6.92 Å². The normalized spacial score (nSPS) is 14.1. The first kappa shape index (κ1) is 27.4. The number of nitrogens with zero attached hydrogens (tertiary/aromatic N) is 1. The second-order valence-electron chi connectivity index (χ2n) is 7.84. The first-order valence-electron chi connectivity index (χ1n) is 11.3. The molecule has 0 spiro atoms. The average molecular weight is 616 g/mol. The molecular formula is C27H20BrClN2O6S. The summed E-state index contributed by atoms with van der Waals surface area (Å²) in [5.41, 5.74) is 1.38. The Balaban J connectivity index is 1.52. The van der Waals surface area contributed by atoms with E-state index in [-0.39, 0.29) is 23.0 Å². The molecule has 1 saturated heterocycles. The van der Waals surface area contributed by atoms with Crippen LogP contribution in [0.1, 0.15) is 22.8 Å². The van der Waals surface area contributed by atoms with Crippen LogP contribution in [0.3, 0.4) is 0 Å². The third-order valence-electron chi connectivity index (χ3n) is 5.14. The number of benzene rings is 3. The van der Waals surface area contributed by atoms with Crippen molar-refractivity contribution >= 4 is 74.1 Å². The van der Waals surface area contributed by atoms with Gasteiger partial charge in [0.2, 0.25) is 5.91 Å². The van der Waals surface area contributed by atoms with Gasteiger partial charge in [0, 0.05) is 10.7 Å². The number of hydrogen-bond donors (Lipinski definition) is 1. The highest BCUT2D eigenvalue weighted by Crippen LogP contribution is 2.39. The zero-order valence-corrected chi connectivity index (χ0v) is 23.1. The Morgan fingerprint density at radius 2 is 1.79 bits per heavy atom. The molecule has 38 heavy (non-hydrogen) atoms. The molecule has 8 nitrogen and oxygen atoms in total. The van der Waals surface area contributed by atoms with Gasteiger partial charge in [-0.25, -0.2) is 4.79 Å². The zero-order chi connectivity index (χ0) is 27.2. The molecule has 1 N–H and O–H groups in total.